The molecule has 2 aromatic rings. The highest BCUT2D eigenvalue weighted by Crippen LogP contribution is 2.13. The summed E-state index contributed by atoms with van der Waals surface area (Å²) in [5.41, 5.74) is 1.50. The van der Waals surface area contributed by atoms with Gasteiger partial charge in [-0.25, -0.2) is 0 Å². The number of halogens is 1. The lowest BCUT2D eigenvalue weighted by molar-refractivity contribution is 0.00549. The zero-order valence-corrected chi connectivity index (χ0v) is 12.7. The number of ether oxygens (including phenoxy) is 2. The zero-order chi connectivity index (χ0) is 15.8. The van der Waals surface area contributed by atoms with Crippen LogP contribution in [-0.4, -0.2) is 24.4 Å². The number of hydrogen-bond donors (Lipinski definition) is 1. The highest BCUT2D eigenvalue weighted by Gasteiger charge is 2.06. The molecule has 0 aliphatic heterocycles. The molecule has 0 aliphatic carbocycles. The van der Waals surface area contributed by atoms with Crippen LogP contribution in [0.15, 0.2) is 48.5 Å². The van der Waals surface area contributed by atoms with E-state index in [0.717, 1.165) is 5.56 Å². The van der Waals surface area contributed by atoms with Gasteiger partial charge in [0.1, 0.15) is 18.5 Å². The minimum absolute atomic E-state index is 0.107. The molecule has 1 N–H and O–H groups in total. The molecule has 2 aromatic carbocycles. The van der Waals surface area contributed by atoms with E-state index < -0.39 is 6.10 Å². The summed E-state index contributed by atoms with van der Waals surface area (Å²) >= 11 is 5.80. The summed E-state index contributed by atoms with van der Waals surface area (Å²) in [5.74, 6) is 0.552. The molecule has 0 saturated carbocycles. The third-order valence-corrected chi connectivity index (χ3v) is 3.15. The van der Waals surface area contributed by atoms with Crippen LogP contribution in [0.5, 0.6) is 5.75 Å². The first kappa shape index (κ1) is 16.3. The molecule has 0 fully saturated rings. The summed E-state index contributed by atoms with van der Waals surface area (Å²) in [5, 5.41) is 19.3. The van der Waals surface area contributed by atoms with E-state index in [1.807, 2.05) is 18.2 Å². The van der Waals surface area contributed by atoms with Crippen molar-refractivity contribution in [3.8, 4) is 11.8 Å². The highest BCUT2D eigenvalue weighted by molar-refractivity contribution is 6.30. The molecule has 22 heavy (non-hydrogen) atoms. The third-order valence-electron chi connectivity index (χ3n) is 2.90. The maximum absolute atomic E-state index is 9.82. The summed E-state index contributed by atoms with van der Waals surface area (Å²) in [6.45, 7) is 0.675. The predicted molar refractivity (Wildman–Crippen MR) is 83.8 cm³/mol. The van der Waals surface area contributed by atoms with Crippen molar-refractivity contribution in [3.63, 3.8) is 0 Å². The molecule has 0 saturated heterocycles. The number of rotatable bonds is 7. The van der Waals surface area contributed by atoms with E-state index in [-0.39, 0.29) is 13.2 Å². The molecule has 0 amide bonds. The van der Waals surface area contributed by atoms with Gasteiger partial charge in [-0.3, -0.25) is 0 Å². The molecule has 1 atom stereocenters. The average Bonchev–Trinajstić information content (AvgIpc) is 2.55. The largest absolute Gasteiger partial charge is 0.491 e. The smallest absolute Gasteiger partial charge is 0.120 e. The maximum Gasteiger partial charge on any atom is 0.120 e. The third kappa shape index (κ3) is 5.38. The van der Waals surface area contributed by atoms with Crippen molar-refractivity contribution >= 4 is 11.6 Å². The summed E-state index contributed by atoms with van der Waals surface area (Å²) in [6, 6.07) is 16.2. The van der Waals surface area contributed by atoms with Gasteiger partial charge in [0, 0.05) is 5.02 Å². The van der Waals surface area contributed by atoms with Gasteiger partial charge in [-0.2, -0.15) is 5.26 Å². The van der Waals surface area contributed by atoms with Gasteiger partial charge in [0.25, 0.3) is 0 Å². The van der Waals surface area contributed by atoms with Crippen LogP contribution in [0.2, 0.25) is 5.02 Å². The second-order valence-corrected chi connectivity index (χ2v) is 5.18. The molecule has 114 valence electrons. The normalized spacial score (nSPS) is 11.7. The summed E-state index contributed by atoms with van der Waals surface area (Å²) in [4.78, 5) is 0. The van der Waals surface area contributed by atoms with E-state index in [0.29, 0.717) is 22.9 Å². The van der Waals surface area contributed by atoms with Gasteiger partial charge < -0.3 is 14.6 Å². The van der Waals surface area contributed by atoms with Crippen molar-refractivity contribution in [2.75, 3.05) is 13.2 Å². The van der Waals surface area contributed by atoms with Gasteiger partial charge >= 0.3 is 0 Å². The molecule has 0 bridgehead atoms. The monoisotopic (exact) mass is 317 g/mol. The van der Waals surface area contributed by atoms with Crippen molar-refractivity contribution in [1.29, 1.82) is 5.26 Å². The van der Waals surface area contributed by atoms with Gasteiger partial charge in [-0.05, 0) is 35.9 Å². The molecule has 0 aliphatic rings. The van der Waals surface area contributed by atoms with Crippen LogP contribution in [0.25, 0.3) is 0 Å². The van der Waals surface area contributed by atoms with Gasteiger partial charge in [-0.1, -0.05) is 29.8 Å². The molecule has 0 aromatic heterocycles. The van der Waals surface area contributed by atoms with Crippen LogP contribution in [0.3, 0.4) is 0 Å². The number of hydrogen-bond acceptors (Lipinski definition) is 4. The fourth-order valence-corrected chi connectivity index (χ4v) is 1.92. The van der Waals surface area contributed by atoms with Gasteiger partial charge in [0.2, 0.25) is 0 Å². The first-order chi connectivity index (χ1) is 10.7. The Morgan fingerprint density at radius 1 is 1.14 bits per heavy atom. The Labute approximate surface area is 134 Å². The van der Waals surface area contributed by atoms with E-state index in [4.69, 9.17) is 26.3 Å². The van der Waals surface area contributed by atoms with E-state index in [1.165, 1.54) is 0 Å². The Morgan fingerprint density at radius 2 is 1.91 bits per heavy atom. The van der Waals surface area contributed by atoms with Crippen molar-refractivity contribution < 1.29 is 14.6 Å². The topological polar surface area (TPSA) is 62.5 Å². The minimum Gasteiger partial charge on any atom is -0.491 e. The molecular formula is C17H16ClNO3. The molecule has 0 spiro atoms. The Morgan fingerprint density at radius 3 is 2.64 bits per heavy atom. The van der Waals surface area contributed by atoms with E-state index in [1.54, 1.807) is 36.4 Å². The van der Waals surface area contributed by atoms with E-state index >= 15 is 0 Å². The summed E-state index contributed by atoms with van der Waals surface area (Å²) in [6.07, 6.45) is -0.738. The van der Waals surface area contributed by atoms with Crippen molar-refractivity contribution in [2.24, 2.45) is 0 Å². The number of nitriles is 1. The van der Waals surface area contributed by atoms with Crippen LogP contribution in [0.4, 0.5) is 0 Å². The second-order valence-electron chi connectivity index (χ2n) is 4.75. The summed E-state index contributed by atoms with van der Waals surface area (Å²) < 4.78 is 10.9. The van der Waals surface area contributed by atoms with Crippen LogP contribution >= 0.6 is 11.6 Å². The molecular weight excluding hydrogens is 302 g/mol. The maximum atomic E-state index is 9.82. The average molecular weight is 318 g/mol. The molecule has 5 heteroatoms. The minimum atomic E-state index is -0.738. The van der Waals surface area contributed by atoms with Crippen LogP contribution in [-0.2, 0) is 11.3 Å². The molecule has 0 radical (unpaired) electrons. The van der Waals surface area contributed by atoms with Crippen LogP contribution < -0.4 is 4.74 Å². The molecule has 1 unspecified atom stereocenters. The predicted octanol–water partition coefficient (Wildman–Crippen LogP) is 3.17. The Hall–Kier alpha value is -2.06. The fraction of sp³-hybridized carbons (Fsp3) is 0.235. The Balaban J connectivity index is 1.70. The van der Waals surface area contributed by atoms with Gasteiger partial charge in [0.05, 0.1) is 24.8 Å². The summed E-state index contributed by atoms with van der Waals surface area (Å²) in [7, 11) is 0. The first-order valence-corrected chi connectivity index (χ1v) is 7.18. The second kappa shape index (κ2) is 8.40. The van der Waals surface area contributed by atoms with Crippen molar-refractivity contribution in [2.45, 2.75) is 12.7 Å². The van der Waals surface area contributed by atoms with Gasteiger partial charge in [0.15, 0.2) is 0 Å². The number of aliphatic hydroxyl groups excluding tert-OH is 1. The van der Waals surface area contributed by atoms with E-state index in [9.17, 15) is 5.11 Å². The SMILES string of the molecule is N#Cc1cccc(OCC(O)COCc2ccc(Cl)cc2)c1. The van der Waals surface area contributed by atoms with Crippen LogP contribution in [0, 0.1) is 11.3 Å². The lowest BCUT2D eigenvalue weighted by Crippen LogP contribution is -2.23. The number of aliphatic hydroxyl groups is 1. The molecule has 0 heterocycles. The Bertz CT molecular complexity index is 637. The lowest BCUT2D eigenvalue weighted by atomic mass is 10.2. The lowest BCUT2D eigenvalue weighted by Gasteiger charge is -2.13. The van der Waals surface area contributed by atoms with E-state index in [2.05, 4.69) is 0 Å². The Kier molecular flexibility index (Phi) is 6.23. The molecule has 4 nitrogen and oxygen atoms in total. The van der Waals surface area contributed by atoms with Gasteiger partial charge in [-0.15, -0.1) is 0 Å². The standard InChI is InChI=1S/C17H16ClNO3/c18-15-6-4-13(5-7-15)10-21-11-16(20)12-22-17-3-1-2-14(8-17)9-19/h1-8,16,20H,10-12H2. The molecule has 2 rings (SSSR count). The van der Waals surface area contributed by atoms with Crippen LogP contribution in [0.1, 0.15) is 11.1 Å². The zero-order valence-electron chi connectivity index (χ0n) is 11.9. The highest BCUT2D eigenvalue weighted by atomic mass is 35.5. The number of nitrogens with zero attached hydrogens (tertiary/aromatic N) is 1. The van der Waals surface area contributed by atoms with Crippen molar-refractivity contribution in [3.05, 3.63) is 64.7 Å². The fourth-order valence-electron chi connectivity index (χ4n) is 1.79. The quantitative estimate of drug-likeness (QED) is 0.852. The number of benzene rings is 2. The van der Waals surface area contributed by atoms with Crippen molar-refractivity contribution in [1.82, 2.24) is 0 Å². The first-order valence-electron chi connectivity index (χ1n) is 6.80.